The summed E-state index contributed by atoms with van der Waals surface area (Å²) < 4.78 is 5.83. The summed E-state index contributed by atoms with van der Waals surface area (Å²) in [6, 6.07) is 26.0. The number of hydrogen-bond donors (Lipinski definition) is 3. The van der Waals surface area contributed by atoms with Gasteiger partial charge in [-0.1, -0.05) is 66.5 Å². The number of hydrogen-bond acceptors (Lipinski definition) is 4. The van der Waals surface area contributed by atoms with Crippen LogP contribution < -0.4 is 10.5 Å². The average molecular weight is 558 g/mol. The summed E-state index contributed by atoms with van der Waals surface area (Å²) in [5.41, 5.74) is 10.8. The lowest BCUT2D eigenvalue weighted by molar-refractivity contribution is 0.0697. The van der Waals surface area contributed by atoms with Crippen molar-refractivity contribution < 1.29 is 14.6 Å². The molecular formula is C31H25Cl2N3O3. The number of halogens is 2. The third kappa shape index (κ3) is 5.77. The van der Waals surface area contributed by atoms with Gasteiger partial charge in [-0.3, -0.25) is 0 Å². The van der Waals surface area contributed by atoms with Gasteiger partial charge >= 0.3 is 5.97 Å². The molecule has 0 saturated heterocycles. The number of nitrogens with zero attached hydrogens (tertiary/aromatic N) is 1. The first-order chi connectivity index (χ1) is 18.8. The van der Waals surface area contributed by atoms with Crippen molar-refractivity contribution in [2.45, 2.75) is 19.3 Å². The van der Waals surface area contributed by atoms with Crippen molar-refractivity contribution in [3.8, 4) is 33.9 Å². The lowest BCUT2D eigenvalue weighted by Crippen LogP contribution is -2.02. The lowest BCUT2D eigenvalue weighted by Gasteiger charge is -2.14. The summed E-state index contributed by atoms with van der Waals surface area (Å²) in [5, 5.41) is 10.4. The summed E-state index contributed by atoms with van der Waals surface area (Å²) in [5.74, 6) is 0.882. The van der Waals surface area contributed by atoms with Gasteiger partial charge in [0.05, 0.1) is 16.3 Å². The number of benzene rings is 4. The number of carboxylic acids is 1. The van der Waals surface area contributed by atoms with Crippen LogP contribution >= 0.6 is 23.2 Å². The van der Waals surface area contributed by atoms with E-state index in [0.717, 1.165) is 40.2 Å². The highest BCUT2D eigenvalue weighted by Crippen LogP contribution is 2.33. The van der Waals surface area contributed by atoms with Gasteiger partial charge in [-0.05, 0) is 71.6 Å². The molecule has 1 atom stereocenters. The van der Waals surface area contributed by atoms with Crippen LogP contribution in [0.3, 0.4) is 0 Å². The van der Waals surface area contributed by atoms with E-state index in [1.807, 2.05) is 36.5 Å². The summed E-state index contributed by atoms with van der Waals surface area (Å²) in [4.78, 5) is 19.5. The largest absolute Gasteiger partial charge is 0.478 e. The predicted molar refractivity (Wildman–Crippen MR) is 156 cm³/mol. The van der Waals surface area contributed by atoms with Crippen molar-refractivity contribution in [3.63, 3.8) is 0 Å². The van der Waals surface area contributed by atoms with Crippen LogP contribution in [-0.4, -0.2) is 21.0 Å². The maximum Gasteiger partial charge on any atom is 0.337 e. The van der Waals surface area contributed by atoms with Gasteiger partial charge in [0.1, 0.15) is 17.3 Å². The minimum Gasteiger partial charge on any atom is -0.478 e. The number of aromatic nitrogens is 2. The van der Waals surface area contributed by atoms with Gasteiger partial charge in [0.25, 0.3) is 0 Å². The number of carbonyl (C=O) groups is 1. The molecule has 0 bridgehead atoms. The van der Waals surface area contributed by atoms with Gasteiger partial charge in [0.2, 0.25) is 0 Å². The molecule has 5 aromatic rings. The number of aromatic amines is 1. The van der Waals surface area contributed by atoms with Crippen LogP contribution in [-0.2, 0) is 0 Å². The smallest absolute Gasteiger partial charge is 0.337 e. The monoisotopic (exact) mass is 557 g/mol. The summed E-state index contributed by atoms with van der Waals surface area (Å²) in [6.07, 6.45) is 2.75. The van der Waals surface area contributed by atoms with E-state index in [-0.39, 0.29) is 17.2 Å². The SMILES string of the molecule is CCC(c1ccc(-c2ccc(Oc3ccc(N)c(C(=O)O)c3)cc2)cc1)c1nc(-c2ccc(Cl)cc2Cl)c[nH]1. The first kappa shape index (κ1) is 26.4. The second-order valence-electron chi connectivity index (χ2n) is 9.06. The summed E-state index contributed by atoms with van der Waals surface area (Å²) in [7, 11) is 0. The highest BCUT2D eigenvalue weighted by molar-refractivity contribution is 6.36. The van der Waals surface area contributed by atoms with Crippen LogP contribution in [0.25, 0.3) is 22.4 Å². The van der Waals surface area contributed by atoms with Gasteiger partial charge in [-0.2, -0.15) is 0 Å². The van der Waals surface area contributed by atoms with Crippen LogP contribution in [0.1, 0.15) is 41.0 Å². The summed E-state index contributed by atoms with van der Waals surface area (Å²) >= 11 is 12.4. The molecule has 0 fully saturated rings. The van der Waals surface area contributed by atoms with Crippen LogP contribution in [0.15, 0.2) is 91.1 Å². The van der Waals surface area contributed by atoms with E-state index < -0.39 is 5.97 Å². The molecule has 196 valence electrons. The minimum atomic E-state index is -1.10. The van der Waals surface area contributed by atoms with E-state index in [2.05, 4.69) is 36.2 Å². The third-order valence-corrected chi connectivity index (χ3v) is 7.08. The molecule has 0 radical (unpaired) electrons. The van der Waals surface area contributed by atoms with E-state index in [4.69, 9.17) is 38.7 Å². The standard InChI is InChI=1S/C31H25Cl2N3O3/c1-2-24(30-35-17-29(36-30)25-13-9-21(32)15-27(25)33)20-5-3-18(4-6-20)19-7-10-22(11-8-19)39-23-12-14-28(34)26(16-23)31(37)38/h3-17,24H,2,34H2,1H3,(H,35,36)(H,37,38). The molecule has 0 amide bonds. The lowest BCUT2D eigenvalue weighted by atomic mass is 9.93. The quantitative estimate of drug-likeness (QED) is 0.166. The molecule has 1 unspecified atom stereocenters. The Bertz CT molecular complexity index is 1630. The topological polar surface area (TPSA) is 101 Å². The molecule has 4 N–H and O–H groups in total. The number of imidazole rings is 1. The van der Waals surface area contributed by atoms with Crippen molar-refractivity contribution in [1.82, 2.24) is 9.97 Å². The highest BCUT2D eigenvalue weighted by Gasteiger charge is 2.18. The fraction of sp³-hybridized carbons (Fsp3) is 0.0968. The number of anilines is 1. The number of aromatic carboxylic acids is 1. The molecule has 0 aliphatic heterocycles. The number of nitrogen functional groups attached to an aromatic ring is 1. The Hall–Kier alpha value is -4.26. The number of ether oxygens (including phenoxy) is 1. The van der Waals surface area contributed by atoms with Crippen LogP contribution in [0.4, 0.5) is 5.69 Å². The second kappa shape index (κ2) is 11.2. The molecule has 0 aliphatic carbocycles. The average Bonchev–Trinajstić information content (AvgIpc) is 3.40. The van der Waals surface area contributed by atoms with Crippen LogP contribution in [0.2, 0.25) is 10.0 Å². The predicted octanol–water partition coefficient (Wildman–Crippen LogP) is 8.67. The van der Waals surface area contributed by atoms with Gasteiger partial charge < -0.3 is 20.6 Å². The molecule has 1 heterocycles. The van der Waals surface area contributed by atoms with Crippen LogP contribution in [0.5, 0.6) is 11.5 Å². The Balaban J connectivity index is 1.31. The number of H-pyrrole nitrogens is 1. The highest BCUT2D eigenvalue weighted by atomic mass is 35.5. The molecule has 5 rings (SSSR count). The van der Waals surface area contributed by atoms with Gasteiger partial charge in [0, 0.05) is 28.4 Å². The maximum absolute atomic E-state index is 11.3. The van der Waals surface area contributed by atoms with Gasteiger partial charge in [-0.15, -0.1) is 0 Å². The van der Waals surface area contributed by atoms with E-state index >= 15 is 0 Å². The van der Waals surface area contributed by atoms with E-state index in [1.54, 1.807) is 18.2 Å². The van der Waals surface area contributed by atoms with Crippen molar-refractivity contribution >= 4 is 34.9 Å². The Labute approximate surface area is 236 Å². The third-order valence-electron chi connectivity index (χ3n) is 6.53. The zero-order valence-electron chi connectivity index (χ0n) is 21.0. The number of rotatable bonds is 8. The maximum atomic E-state index is 11.3. The Morgan fingerprint density at radius 2 is 1.62 bits per heavy atom. The number of nitrogens with one attached hydrogen (secondary N) is 1. The Morgan fingerprint density at radius 1 is 0.949 bits per heavy atom. The molecule has 0 aliphatic rings. The molecule has 0 saturated carbocycles. The first-order valence-corrected chi connectivity index (χ1v) is 13.1. The molecule has 39 heavy (non-hydrogen) atoms. The van der Waals surface area contributed by atoms with E-state index in [1.165, 1.54) is 12.1 Å². The van der Waals surface area contributed by atoms with Crippen molar-refractivity contribution in [2.24, 2.45) is 0 Å². The minimum absolute atomic E-state index is 0.00847. The van der Waals surface area contributed by atoms with Crippen molar-refractivity contribution in [3.05, 3.63) is 118 Å². The summed E-state index contributed by atoms with van der Waals surface area (Å²) in [6.45, 7) is 2.13. The number of nitrogens with two attached hydrogens (primary N) is 1. The normalized spacial score (nSPS) is 11.8. The molecule has 4 aromatic carbocycles. The molecular weight excluding hydrogens is 533 g/mol. The van der Waals surface area contributed by atoms with Gasteiger partial charge in [-0.25, -0.2) is 9.78 Å². The number of carboxylic acid groups (broad SMARTS) is 1. The second-order valence-corrected chi connectivity index (χ2v) is 9.90. The molecule has 8 heteroatoms. The zero-order valence-corrected chi connectivity index (χ0v) is 22.5. The van der Waals surface area contributed by atoms with Crippen molar-refractivity contribution in [1.29, 1.82) is 0 Å². The molecule has 0 spiro atoms. The van der Waals surface area contributed by atoms with Gasteiger partial charge in [0.15, 0.2) is 0 Å². The van der Waals surface area contributed by atoms with Crippen LogP contribution in [0, 0.1) is 0 Å². The van der Waals surface area contributed by atoms with Crippen molar-refractivity contribution in [2.75, 3.05) is 5.73 Å². The Morgan fingerprint density at radius 3 is 2.26 bits per heavy atom. The fourth-order valence-corrected chi connectivity index (χ4v) is 4.99. The molecule has 1 aromatic heterocycles. The zero-order chi connectivity index (χ0) is 27.5. The molecule has 6 nitrogen and oxygen atoms in total. The fourth-order valence-electron chi connectivity index (χ4n) is 4.48. The Kier molecular flexibility index (Phi) is 7.59. The van der Waals surface area contributed by atoms with E-state index in [0.29, 0.717) is 21.5 Å². The van der Waals surface area contributed by atoms with E-state index in [9.17, 15) is 9.90 Å². The first-order valence-electron chi connectivity index (χ1n) is 12.3.